The molecule has 1 spiro atoms. The van der Waals surface area contributed by atoms with Gasteiger partial charge in [0.1, 0.15) is 0 Å². The number of benzene rings is 1. The summed E-state index contributed by atoms with van der Waals surface area (Å²) in [5.41, 5.74) is 3.00. The van der Waals surface area contributed by atoms with Crippen LogP contribution in [0.1, 0.15) is 43.2 Å². The summed E-state index contributed by atoms with van der Waals surface area (Å²) in [6, 6.07) is 8.67. The minimum Gasteiger partial charge on any atom is -0.0881 e. The second-order valence-corrected chi connectivity index (χ2v) is 5.13. The maximum Gasteiger partial charge on any atom is 0.0316 e. The molecule has 0 aromatic heterocycles. The Morgan fingerprint density at radius 3 is 2.53 bits per heavy atom. The normalized spacial score (nSPS) is 22.6. The molecule has 0 nitrogen and oxygen atoms in total. The van der Waals surface area contributed by atoms with E-state index in [1.165, 1.54) is 43.2 Å². The van der Waals surface area contributed by atoms with Crippen molar-refractivity contribution in [2.24, 2.45) is 0 Å². The lowest BCUT2D eigenvalue weighted by atomic mass is 9.71. The minimum absolute atomic E-state index is 0.191. The molecule has 2 aliphatic rings. The monoisotopic (exact) mass is 218 g/mol. The first-order valence-corrected chi connectivity index (χ1v) is 6.18. The fraction of sp³-hybridized carbons (Fsp3) is 0.429. The molecule has 1 aromatic rings. The highest BCUT2D eigenvalue weighted by atomic mass is 35.5. The molecule has 2 aliphatic carbocycles. The van der Waals surface area contributed by atoms with Crippen LogP contribution in [0, 0.1) is 0 Å². The van der Waals surface area contributed by atoms with Crippen molar-refractivity contribution in [2.45, 2.75) is 37.5 Å². The number of rotatable bonds is 0. The molecule has 1 saturated carbocycles. The van der Waals surface area contributed by atoms with Gasteiger partial charge in [0.2, 0.25) is 0 Å². The number of halogens is 1. The molecule has 1 heteroatoms. The third-order valence-corrected chi connectivity index (χ3v) is 4.39. The van der Waals surface area contributed by atoms with Crippen molar-refractivity contribution in [3.05, 3.63) is 40.4 Å². The number of fused-ring (bicyclic) bond motifs is 2. The number of allylic oxidation sites excluding steroid dienone is 1. The zero-order valence-electron chi connectivity index (χ0n) is 8.80. The summed E-state index contributed by atoms with van der Waals surface area (Å²) in [4.78, 5) is 0. The van der Waals surface area contributed by atoms with Gasteiger partial charge in [-0.2, -0.15) is 0 Å². The van der Waals surface area contributed by atoms with Gasteiger partial charge in [-0.15, -0.1) is 0 Å². The van der Waals surface area contributed by atoms with Crippen LogP contribution >= 0.6 is 11.6 Å². The van der Waals surface area contributed by atoms with Gasteiger partial charge in [-0.1, -0.05) is 55.1 Å². The molecule has 0 aliphatic heterocycles. The maximum atomic E-state index is 6.47. The first kappa shape index (κ1) is 9.47. The molecule has 0 N–H and O–H groups in total. The van der Waals surface area contributed by atoms with Crippen LogP contribution in [0.4, 0.5) is 0 Å². The Morgan fingerprint density at radius 1 is 1.00 bits per heavy atom. The van der Waals surface area contributed by atoms with E-state index in [0.29, 0.717) is 0 Å². The van der Waals surface area contributed by atoms with Gasteiger partial charge < -0.3 is 0 Å². The molecule has 0 atom stereocenters. The Balaban J connectivity index is 2.13. The van der Waals surface area contributed by atoms with Crippen molar-refractivity contribution in [1.82, 2.24) is 0 Å². The van der Waals surface area contributed by atoms with Crippen molar-refractivity contribution < 1.29 is 0 Å². The minimum atomic E-state index is 0.191. The van der Waals surface area contributed by atoms with Gasteiger partial charge >= 0.3 is 0 Å². The van der Waals surface area contributed by atoms with Crippen LogP contribution in [0.3, 0.4) is 0 Å². The van der Waals surface area contributed by atoms with Crippen molar-refractivity contribution in [3.63, 3.8) is 0 Å². The Hall–Kier alpha value is -0.750. The third-order valence-electron chi connectivity index (χ3n) is 3.92. The Bertz CT molecular complexity index is 411. The molecule has 0 unspecified atom stereocenters. The first-order chi connectivity index (χ1) is 7.33. The highest BCUT2D eigenvalue weighted by Gasteiger charge is 2.41. The molecule has 1 fully saturated rings. The van der Waals surface area contributed by atoms with E-state index in [-0.39, 0.29) is 5.41 Å². The van der Waals surface area contributed by atoms with Crippen LogP contribution < -0.4 is 0 Å². The van der Waals surface area contributed by atoms with Gasteiger partial charge in [-0.3, -0.25) is 0 Å². The molecule has 0 heterocycles. The molecule has 0 bridgehead atoms. The van der Waals surface area contributed by atoms with Crippen LogP contribution in [-0.2, 0) is 5.41 Å². The average Bonchev–Trinajstić information content (AvgIpc) is 2.55. The molecule has 0 saturated heterocycles. The summed E-state index contributed by atoms with van der Waals surface area (Å²) in [5.74, 6) is 0. The summed E-state index contributed by atoms with van der Waals surface area (Å²) >= 11 is 6.47. The standard InChI is InChI=1S/C14H15Cl/c15-13-10-11-6-2-3-7-12(11)14(13)8-4-1-5-9-14/h2-3,6-7,10H,1,4-5,8-9H2. The van der Waals surface area contributed by atoms with Crippen LogP contribution in [0.15, 0.2) is 29.3 Å². The van der Waals surface area contributed by atoms with E-state index in [0.717, 1.165) is 5.03 Å². The zero-order valence-corrected chi connectivity index (χ0v) is 9.56. The molecule has 1 aromatic carbocycles. The summed E-state index contributed by atoms with van der Waals surface area (Å²) < 4.78 is 0. The highest BCUT2D eigenvalue weighted by Crippen LogP contribution is 2.52. The quantitative estimate of drug-likeness (QED) is 0.602. The van der Waals surface area contributed by atoms with Crippen molar-refractivity contribution in [2.75, 3.05) is 0 Å². The van der Waals surface area contributed by atoms with E-state index >= 15 is 0 Å². The lowest BCUT2D eigenvalue weighted by Gasteiger charge is -2.35. The summed E-state index contributed by atoms with van der Waals surface area (Å²) in [5, 5.41) is 1.07. The topological polar surface area (TPSA) is 0 Å². The predicted molar refractivity (Wildman–Crippen MR) is 65.0 cm³/mol. The van der Waals surface area contributed by atoms with E-state index in [2.05, 4.69) is 30.3 Å². The lowest BCUT2D eigenvalue weighted by molar-refractivity contribution is 0.356. The van der Waals surface area contributed by atoms with E-state index < -0.39 is 0 Å². The van der Waals surface area contributed by atoms with Gasteiger partial charge in [0, 0.05) is 10.4 Å². The Morgan fingerprint density at radius 2 is 1.73 bits per heavy atom. The largest absolute Gasteiger partial charge is 0.0881 e. The average molecular weight is 219 g/mol. The van der Waals surface area contributed by atoms with Crippen molar-refractivity contribution >= 4 is 17.7 Å². The number of hydrogen-bond acceptors (Lipinski definition) is 0. The van der Waals surface area contributed by atoms with E-state index in [1.807, 2.05) is 0 Å². The molecule has 0 radical (unpaired) electrons. The van der Waals surface area contributed by atoms with E-state index in [1.54, 1.807) is 0 Å². The first-order valence-electron chi connectivity index (χ1n) is 5.80. The summed E-state index contributed by atoms with van der Waals surface area (Å²) in [6.07, 6.45) is 8.64. The lowest BCUT2D eigenvalue weighted by Crippen LogP contribution is -2.27. The van der Waals surface area contributed by atoms with Crippen molar-refractivity contribution in [3.8, 4) is 0 Å². The molecule has 78 valence electrons. The van der Waals surface area contributed by atoms with Crippen LogP contribution in [0.25, 0.3) is 6.08 Å². The molecule has 15 heavy (non-hydrogen) atoms. The maximum absolute atomic E-state index is 6.47. The fourth-order valence-corrected chi connectivity index (χ4v) is 3.53. The van der Waals surface area contributed by atoms with Gasteiger partial charge in [0.05, 0.1) is 0 Å². The van der Waals surface area contributed by atoms with Crippen LogP contribution in [0.2, 0.25) is 0 Å². The summed E-state index contributed by atoms with van der Waals surface area (Å²) in [6.45, 7) is 0. The molecule has 0 amide bonds. The number of hydrogen-bond donors (Lipinski definition) is 0. The molecular formula is C14H15Cl. The summed E-state index contributed by atoms with van der Waals surface area (Å²) in [7, 11) is 0. The second-order valence-electron chi connectivity index (χ2n) is 4.72. The SMILES string of the molecule is ClC1=Cc2ccccc2C12CCCCC2. The van der Waals surface area contributed by atoms with Gasteiger partial charge in [0.15, 0.2) is 0 Å². The van der Waals surface area contributed by atoms with E-state index in [9.17, 15) is 0 Å². The van der Waals surface area contributed by atoms with Crippen molar-refractivity contribution in [1.29, 1.82) is 0 Å². The van der Waals surface area contributed by atoms with Crippen LogP contribution in [-0.4, -0.2) is 0 Å². The van der Waals surface area contributed by atoms with Gasteiger partial charge in [-0.05, 0) is 30.0 Å². The van der Waals surface area contributed by atoms with E-state index in [4.69, 9.17) is 11.6 Å². The molecular weight excluding hydrogens is 204 g/mol. The zero-order chi connectivity index (χ0) is 10.3. The smallest absolute Gasteiger partial charge is 0.0316 e. The van der Waals surface area contributed by atoms with Gasteiger partial charge in [0.25, 0.3) is 0 Å². The van der Waals surface area contributed by atoms with Gasteiger partial charge in [-0.25, -0.2) is 0 Å². The Labute approximate surface area is 96.0 Å². The Kier molecular flexibility index (Phi) is 2.14. The van der Waals surface area contributed by atoms with Crippen LogP contribution in [0.5, 0.6) is 0 Å². The highest BCUT2D eigenvalue weighted by molar-refractivity contribution is 6.33. The second kappa shape index (κ2) is 3.38. The fourth-order valence-electron chi connectivity index (χ4n) is 3.13. The third kappa shape index (κ3) is 1.28. The predicted octanol–water partition coefficient (Wildman–Crippen LogP) is 4.48. The molecule has 3 rings (SSSR count).